The summed E-state index contributed by atoms with van der Waals surface area (Å²) in [5.74, 6) is 0. The molecule has 0 unspecified atom stereocenters. The van der Waals surface area contributed by atoms with Crippen LogP contribution in [0, 0.1) is 21.8 Å². The maximum Gasteiger partial charge on any atom is 0.215 e. The third-order valence-corrected chi connectivity index (χ3v) is 4.83. The van der Waals surface area contributed by atoms with E-state index in [2.05, 4.69) is 38.0 Å². The molecule has 0 radical (unpaired) electrons. The Labute approximate surface area is 205 Å². The molecule has 0 amide bonds. The van der Waals surface area contributed by atoms with Crippen LogP contribution < -0.4 is 4.57 Å². The number of allylic oxidation sites excluding steroid dienone is 2. The Hall–Kier alpha value is -0.952. The van der Waals surface area contributed by atoms with Gasteiger partial charge in [0.05, 0.1) is 0 Å². The minimum atomic E-state index is 0. The second-order valence-corrected chi connectivity index (χ2v) is 7.50. The van der Waals surface area contributed by atoms with Crippen LogP contribution in [0.15, 0.2) is 43.1 Å². The van der Waals surface area contributed by atoms with E-state index in [0.29, 0.717) is 0 Å². The number of aryl methyl sites for hydroxylation is 2. The maximum absolute atomic E-state index is 7.27. The van der Waals surface area contributed by atoms with Crippen molar-refractivity contribution >= 4 is 28.6 Å². The van der Waals surface area contributed by atoms with Crippen LogP contribution in [0.4, 0.5) is 0 Å². The van der Waals surface area contributed by atoms with Gasteiger partial charge in [-0.05, 0) is 19.1 Å². The number of benzene rings is 1. The molecular weight excluding hydrogens is 571 g/mol. The van der Waals surface area contributed by atoms with Crippen LogP contribution in [0.5, 0.6) is 0 Å². The molecule has 0 atom stereocenters. The average molecular weight is 612 g/mol. The molecule has 1 aromatic carbocycles. The van der Waals surface area contributed by atoms with Crippen LogP contribution in [-0.4, -0.2) is 6.04 Å². The summed E-state index contributed by atoms with van der Waals surface area (Å²) in [5.41, 5.74) is 10.7. The number of hydrogen-bond donors (Lipinski definition) is 0. The second kappa shape index (κ2) is 18.8. The van der Waals surface area contributed by atoms with Gasteiger partial charge in [0.2, 0.25) is 5.52 Å². The summed E-state index contributed by atoms with van der Waals surface area (Å²) in [6.45, 7) is 10.0. The van der Waals surface area contributed by atoms with Crippen molar-refractivity contribution in [3.8, 4) is 0 Å². The first-order valence-corrected chi connectivity index (χ1v) is 10.4. The molecule has 1 heterocycles. The van der Waals surface area contributed by atoms with E-state index in [1.165, 1.54) is 36.8 Å². The molecule has 1 saturated carbocycles. The summed E-state index contributed by atoms with van der Waals surface area (Å²) >= 11 is 6.30. The minimum Gasteiger partial charge on any atom is -0.675 e. The Morgan fingerprint density at radius 2 is 1.77 bits per heavy atom. The smallest absolute Gasteiger partial charge is 0.215 e. The molecule has 1 aliphatic carbocycles. The molecule has 3 rings (SSSR count). The van der Waals surface area contributed by atoms with Crippen molar-refractivity contribution in [2.24, 2.45) is 7.05 Å². The van der Waals surface area contributed by atoms with Gasteiger partial charge in [0.15, 0.2) is 6.20 Å². The van der Waals surface area contributed by atoms with Gasteiger partial charge < -0.3 is 20.6 Å². The normalized spacial score (nSPS) is 12.9. The molecule has 0 aliphatic heterocycles. The van der Waals surface area contributed by atoms with E-state index in [1.54, 1.807) is 6.08 Å². The third kappa shape index (κ3) is 10.9. The van der Waals surface area contributed by atoms with Gasteiger partial charge in [-0.2, -0.15) is 0 Å². The average Bonchev–Trinajstić information content (AvgIpc) is 2.63. The van der Waals surface area contributed by atoms with Crippen LogP contribution in [-0.2, 0) is 28.1 Å². The van der Waals surface area contributed by atoms with E-state index in [0.717, 1.165) is 28.8 Å². The van der Waals surface area contributed by atoms with E-state index >= 15 is 0 Å². The molecule has 2 nitrogen and oxygen atoms in total. The van der Waals surface area contributed by atoms with Gasteiger partial charge in [-0.25, -0.2) is 4.57 Å². The monoisotopic (exact) mass is 611 g/mol. The van der Waals surface area contributed by atoms with E-state index in [1.807, 2.05) is 37.5 Å². The Morgan fingerprint density at radius 3 is 2.23 bits per heavy atom. The van der Waals surface area contributed by atoms with E-state index in [9.17, 15) is 0 Å². The zero-order chi connectivity index (χ0) is 20.2. The fourth-order valence-electron chi connectivity index (χ4n) is 3.22. The first-order chi connectivity index (χ1) is 13.0. The molecule has 174 valence electrons. The van der Waals surface area contributed by atoms with Gasteiger partial charge in [0.1, 0.15) is 7.05 Å². The van der Waals surface area contributed by atoms with Gasteiger partial charge in [-0.3, -0.25) is 0 Å². The standard InChI is InChI=1S/C15H15ClN.C6H12N.C3H8.2CH3.Pt/c1-4-5-8-13-11(2)15-12(10-14(13)16)7-6-9-17(15)3;7-6-4-2-1-3-5-6;1-3-2;;;/h4-10H,1H2,2-3H3;6-7H,1-5H2;3H2,1-2H3;2*1H3;/q+1;-1;;2*-1;/b8-5-;;;;;. The first kappa shape index (κ1) is 33.7. The fraction of sp³-hybridized carbons (Fsp3) is 0.423. The van der Waals surface area contributed by atoms with E-state index < -0.39 is 0 Å². The molecule has 0 bridgehead atoms. The summed E-state index contributed by atoms with van der Waals surface area (Å²) in [6.07, 6.45) is 15.2. The number of nitrogens with zero attached hydrogens (tertiary/aromatic N) is 1. The Balaban J connectivity index is -0.000000476. The third-order valence-electron chi connectivity index (χ3n) is 4.51. The van der Waals surface area contributed by atoms with Gasteiger partial charge >= 0.3 is 0 Å². The zero-order valence-electron chi connectivity index (χ0n) is 19.7. The Kier molecular flexibility index (Phi) is 21.1. The number of pyridine rings is 1. The summed E-state index contributed by atoms with van der Waals surface area (Å²) in [7, 11) is 2.05. The molecular formula is C26H41ClN2Pt-2. The number of halogens is 1. The molecule has 1 fully saturated rings. The quantitative estimate of drug-likeness (QED) is 0.185. The van der Waals surface area contributed by atoms with Crippen molar-refractivity contribution in [2.45, 2.75) is 65.3 Å². The van der Waals surface area contributed by atoms with Crippen LogP contribution >= 0.6 is 11.6 Å². The Morgan fingerprint density at radius 1 is 1.20 bits per heavy atom. The van der Waals surface area contributed by atoms with Crippen molar-refractivity contribution in [3.63, 3.8) is 0 Å². The van der Waals surface area contributed by atoms with Gasteiger partial charge in [-0.1, -0.05) is 88.8 Å². The summed E-state index contributed by atoms with van der Waals surface area (Å²) in [6, 6.07) is 6.40. The number of aromatic nitrogens is 1. The minimum absolute atomic E-state index is 0. The van der Waals surface area contributed by atoms with Crippen LogP contribution in [0.25, 0.3) is 22.7 Å². The summed E-state index contributed by atoms with van der Waals surface area (Å²) in [5, 5.41) is 1.94. The van der Waals surface area contributed by atoms with Crippen molar-refractivity contribution in [3.05, 3.63) is 79.9 Å². The van der Waals surface area contributed by atoms with E-state index in [-0.39, 0.29) is 42.0 Å². The Bertz CT molecular complexity index is 750. The first-order valence-electron chi connectivity index (χ1n) is 10.0. The topological polar surface area (TPSA) is 27.7 Å². The van der Waals surface area contributed by atoms with Crippen molar-refractivity contribution in [2.75, 3.05) is 0 Å². The molecule has 1 aromatic heterocycles. The van der Waals surface area contributed by atoms with Gasteiger partial charge in [0, 0.05) is 48.7 Å². The predicted octanol–water partition coefficient (Wildman–Crippen LogP) is 8.51. The number of hydrogen-bond acceptors (Lipinski definition) is 0. The second-order valence-electron chi connectivity index (χ2n) is 7.09. The molecule has 30 heavy (non-hydrogen) atoms. The van der Waals surface area contributed by atoms with Crippen molar-refractivity contribution in [1.82, 2.24) is 0 Å². The number of fused-ring (bicyclic) bond motifs is 1. The van der Waals surface area contributed by atoms with Gasteiger partial charge in [-0.15, -0.1) is 6.04 Å². The molecule has 1 aliphatic rings. The molecule has 0 spiro atoms. The predicted molar refractivity (Wildman–Crippen MR) is 134 cm³/mol. The van der Waals surface area contributed by atoms with Crippen LogP contribution in [0.2, 0.25) is 5.02 Å². The van der Waals surface area contributed by atoms with Crippen molar-refractivity contribution < 1.29 is 25.6 Å². The number of nitrogens with one attached hydrogen (secondary N) is 1. The molecule has 4 heteroatoms. The van der Waals surface area contributed by atoms with Crippen molar-refractivity contribution in [1.29, 1.82) is 0 Å². The number of rotatable bonds is 2. The van der Waals surface area contributed by atoms with Crippen LogP contribution in [0.3, 0.4) is 0 Å². The maximum atomic E-state index is 7.27. The zero-order valence-corrected chi connectivity index (χ0v) is 22.7. The van der Waals surface area contributed by atoms with E-state index in [4.69, 9.17) is 17.3 Å². The summed E-state index contributed by atoms with van der Waals surface area (Å²) in [4.78, 5) is 0. The molecule has 2 aromatic rings. The fourth-order valence-corrected chi connectivity index (χ4v) is 3.55. The molecule has 1 N–H and O–H groups in total. The SMILES string of the molecule is C=C/C=C\c1c(Cl)cc2ccc[n+](C)c2c1C.CCC.[CH3-].[CH3-].[NH-]C1CCCCC1.[Pt]. The summed E-state index contributed by atoms with van der Waals surface area (Å²) < 4.78 is 2.12. The van der Waals surface area contributed by atoms with Gasteiger partial charge in [0.25, 0.3) is 0 Å². The molecule has 0 saturated heterocycles. The van der Waals surface area contributed by atoms with Crippen LogP contribution in [0.1, 0.15) is 63.5 Å². The largest absolute Gasteiger partial charge is 0.675 e.